The zero-order chi connectivity index (χ0) is 16.8. The molecule has 0 aromatic rings. The quantitative estimate of drug-likeness (QED) is 0.576. The first-order valence-corrected chi connectivity index (χ1v) is 8.20. The molecular formula is C16H31N3O3. The molecule has 1 fully saturated rings. The third kappa shape index (κ3) is 6.22. The maximum atomic E-state index is 11.2. The van der Waals surface area contributed by atoms with Gasteiger partial charge in [0.15, 0.2) is 0 Å². The Hall–Kier alpha value is -1.30. The lowest BCUT2D eigenvalue weighted by atomic mass is 9.65. The number of hydrogen-bond acceptors (Lipinski definition) is 3. The van der Waals surface area contributed by atoms with Crippen LogP contribution in [0.5, 0.6) is 0 Å². The normalized spacial score (nSPS) is 19.4. The summed E-state index contributed by atoms with van der Waals surface area (Å²) in [6.07, 6.45) is 4.98. The third-order valence-electron chi connectivity index (χ3n) is 4.56. The van der Waals surface area contributed by atoms with Crippen LogP contribution in [0.15, 0.2) is 0 Å². The molecule has 1 unspecified atom stereocenters. The molecule has 22 heavy (non-hydrogen) atoms. The van der Waals surface area contributed by atoms with Gasteiger partial charge in [-0.1, -0.05) is 52.9 Å². The Morgan fingerprint density at radius 3 is 2.27 bits per heavy atom. The van der Waals surface area contributed by atoms with Gasteiger partial charge in [0.25, 0.3) is 0 Å². The fraction of sp³-hybridized carbons (Fsp3) is 0.875. The molecular weight excluding hydrogens is 282 g/mol. The molecule has 1 saturated carbocycles. The van der Waals surface area contributed by atoms with Crippen molar-refractivity contribution in [3.05, 3.63) is 0 Å². The van der Waals surface area contributed by atoms with Gasteiger partial charge < -0.3 is 21.5 Å². The predicted octanol–water partition coefficient (Wildman–Crippen LogP) is 1.94. The summed E-state index contributed by atoms with van der Waals surface area (Å²) >= 11 is 0. The summed E-state index contributed by atoms with van der Waals surface area (Å²) in [4.78, 5) is 22.1. The number of hydrogen-bond donors (Lipinski definition) is 4. The van der Waals surface area contributed by atoms with E-state index in [0.717, 1.165) is 12.8 Å². The zero-order valence-electron chi connectivity index (χ0n) is 14.0. The summed E-state index contributed by atoms with van der Waals surface area (Å²) in [5.41, 5.74) is 5.14. The first kappa shape index (κ1) is 18.7. The second-order valence-corrected chi connectivity index (χ2v) is 7.44. The number of nitrogens with two attached hydrogens (primary N) is 1. The summed E-state index contributed by atoms with van der Waals surface area (Å²) in [6.45, 7) is 6.98. The van der Waals surface area contributed by atoms with Crippen molar-refractivity contribution in [1.29, 1.82) is 0 Å². The molecule has 128 valence electrons. The van der Waals surface area contributed by atoms with E-state index in [4.69, 9.17) is 5.73 Å². The van der Waals surface area contributed by atoms with Gasteiger partial charge in [-0.05, 0) is 17.3 Å². The highest BCUT2D eigenvalue weighted by atomic mass is 16.4. The molecule has 2 amide bonds. The number of carbonyl (C=O) groups excluding carboxylic acids is 1. The van der Waals surface area contributed by atoms with E-state index in [1.54, 1.807) is 0 Å². The Kier molecular flexibility index (Phi) is 7.13. The van der Waals surface area contributed by atoms with Gasteiger partial charge >= 0.3 is 6.09 Å². The second-order valence-electron chi connectivity index (χ2n) is 7.44. The van der Waals surface area contributed by atoms with Crippen LogP contribution in [0.4, 0.5) is 4.79 Å². The molecule has 5 N–H and O–H groups in total. The van der Waals surface area contributed by atoms with Crippen LogP contribution >= 0.6 is 0 Å². The van der Waals surface area contributed by atoms with E-state index in [9.17, 15) is 14.7 Å². The van der Waals surface area contributed by atoms with E-state index < -0.39 is 12.0 Å². The molecule has 0 aromatic heterocycles. The Morgan fingerprint density at radius 1 is 1.23 bits per heavy atom. The molecule has 1 aliphatic rings. The van der Waals surface area contributed by atoms with Crippen molar-refractivity contribution in [3.8, 4) is 0 Å². The summed E-state index contributed by atoms with van der Waals surface area (Å²) in [7, 11) is 0. The molecule has 0 spiro atoms. The van der Waals surface area contributed by atoms with Crippen molar-refractivity contribution in [1.82, 2.24) is 10.6 Å². The molecule has 2 atom stereocenters. The van der Waals surface area contributed by atoms with Crippen LogP contribution in [0.1, 0.15) is 52.9 Å². The highest BCUT2D eigenvalue weighted by Crippen LogP contribution is 2.41. The zero-order valence-corrected chi connectivity index (χ0v) is 14.0. The average molecular weight is 313 g/mol. The first-order chi connectivity index (χ1) is 10.2. The largest absolute Gasteiger partial charge is 0.465 e. The fourth-order valence-corrected chi connectivity index (χ4v) is 3.91. The lowest BCUT2D eigenvalue weighted by Crippen LogP contribution is -2.53. The van der Waals surface area contributed by atoms with Gasteiger partial charge in [-0.15, -0.1) is 0 Å². The van der Waals surface area contributed by atoms with Crippen LogP contribution in [0.25, 0.3) is 0 Å². The van der Waals surface area contributed by atoms with Gasteiger partial charge in [0, 0.05) is 12.6 Å². The predicted molar refractivity (Wildman–Crippen MR) is 86.5 cm³/mol. The maximum absolute atomic E-state index is 11.2. The molecule has 0 aliphatic heterocycles. The molecule has 0 radical (unpaired) electrons. The van der Waals surface area contributed by atoms with Gasteiger partial charge in [-0.25, -0.2) is 4.79 Å². The summed E-state index contributed by atoms with van der Waals surface area (Å²) in [5, 5.41) is 14.8. The summed E-state index contributed by atoms with van der Waals surface area (Å²) in [5.74, 6) is 0.310. The van der Waals surface area contributed by atoms with Crippen LogP contribution in [-0.4, -0.2) is 36.2 Å². The first-order valence-electron chi connectivity index (χ1n) is 8.20. The molecule has 0 aromatic carbocycles. The monoisotopic (exact) mass is 313 g/mol. The van der Waals surface area contributed by atoms with E-state index >= 15 is 0 Å². The Labute approximate surface area is 133 Å². The number of nitrogens with one attached hydrogen (secondary N) is 2. The van der Waals surface area contributed by atoms with Crippen LogP contribution in [0, 0.1) is 17.3 Å². The molecule has 1 aliphatic carbocycles. The summed E-state index contributed by atoms with van der Waals surface area (Å²) in [6, 6.07) is -0.222. The maximum Gasteiger partial charge on any atom is 0.404 e. The SMILES string of the molecule is CC(C)(C)[C@H](C1CCCCC1)C(CNCC(N)=O)NC(=O)O. The molecule has 0 heterocycles. The molecule has 0 bridgehead atoms. The summed E-state index contributed by atoms with van der Waals surface area (Å²) < 4.78 is 0. The molecule has 0 saturated heterocycles. The number of carboxylic acid groups (broad SMARTS) is 1. The Bertz CT molecular complexity index is 373. The number of rotatable bonds is 7. The lowest BCUT2D eigenvalue weighted by Gasteiger charge is -2.44. The smallest absolute Gasteiger partial charge is 0.404 e. The van der Waals surface area contributed by atoms with E-state index in [1.807, 2.05) is 0 Å². The van der Waals surface area contributed by atoms with Crippen LogP contribution in [-0.2, 0) is 4.79 Å². The van der Waals surface area contributed by atoms with Gasteiger partial charge in [-0.2, -0.15) is 0 Å². The average Bonchev–Trinajstić information content (AvgIpc) is 2.37. The second kappa shape index (κ2) is 8.36. The number of primary amides is 1. The van der Waals surface area contributed by atoms with Crippen molar-refractivity contribution < 1.29 is 14.7 Å². The number of carbonyl (C=O) groups is 2. The van der Waals surface area contributed by atoms with E-state index in [1.165, 1.54) is 19.3 Å². The minimum Gasteiger partial charge on any atom is -0.465 e. The van der Waals surface area contributed by atoms with E-state index in [0.29, 0.717) is 12.5 Å². The highest BCUT2D eigenvalue weighted by molar-refractivity contribution is 5.75. The van der Waals surface area contributed by atoms with Crippen molar-refractivity contribution >= 4 is 12.0 Å². The van der Waals surface area contributed by atoms with Crippen molar-refractivity contribution in [2.24, 2.45) is 23.0 Å². The topological polar surface area (TPSA) is 104 Å². The van der Waals surface area contributed by atoms with Crippen LogP contribution in [0.3, 0.4) is 0 Å². The van der Waals surface area contributed by atoms with Crippen molar-refractivity contribution in [3.63, 3.8) is 0 Å². The minimum atomic E-state index is -1.02. The van der Waals surface area contributed by atoms with E-state index in [-0.39, 0.29) is 23.9 Å². The minimum absolute atomic E-state index is 0.0104. The molecule has 6 heteroatoms. The van der Waals surface area contributed by atoms with Crippen molar-refractivity contribution in [2.45, 2.75) is 58.9 Å². The van der Waals surface area contributed by atoms with Gasteiger partial charge in [0.1, 0.15) is 0 Å². The van der Waals surface area contributed by atoms with Gasteiger partial charge in [-0.3, -0.25) is 4.79 Å². The Balaban J connectivity index is 2.85. The number of amides is 2. The van der Waals surface area contributed by atoms with Crippen LogP contribution in [0.2, 0.25) is 0 Å². The van der Waals surface area contributed by atoms with Crippen molar-refractivity contribution in [2.75, 3.05) is 13.1 Å². The Morgan fingerprint density at radius 2 is 1.82 bits per heavy atom. The standard InChI is InChI=1S/C16H31N3O3/c1-16(2,3)14(11-7-5-4-6-8-11)12(19-15(21)22)9-18-10-13(17)20/h11-12,14,18-19H,4-10H2,1-3H3,(H2,17,20)(H,21,22)/t12?,14-/m1/s1. The highest BCUT2D eigenvalue weighted by Gasteiger charge is 2.39. The molecule has 6 nitrogen and oxygen atoms in total. The van der Waals surface area contributed by atoms with Gasteiger partial charge in [0.05, 0.1) is 6.54 Å². The van der Waals surface area contributed by atoms with Crippen LogP contribution < -0.4 is 16.4 Å². The third-order valence-corrected chi connectivity index (χ3v) is 4.56. The molecule has 1 rings (SSSR count). The fourth-order valence-electron chi connectivity index (χ4n) is 3.91. The van der Waals surface area contributed by atoms with E-state index in [2.05, 4.69) is 31.4 Å². The lowest BCUT2D eigenvalue weighted by molar-refractivity contribution is -0.117. The van der Waals surface area contributed by atoms with Gasteiger partial charge in [0.2, 0.25) is 5.91 Å².